The summed E-state index contributed by atoms with van der Waals surface area (Å²) in [6, 6.07) is 0. The second kappa shape index (κ2) is 10.8. The Bertz CT molecular complexity index is 252. The summed E-state index contributed by atoms with van der Waals surface area (Å²) in [5.74, 6) is -0.981. The molecule has 3 N–H and O–H groups in total. The van der Waals surface area contributed by atoms with Crippen LogP contribution in [0.25, 0.3) is 0 Å². The molecule has 0 aliphatic carbocycles. The van der Waals surface area contributed by atoms with Gasteiger partial charge in [-0.25, -0.2) is 4.79 Å². The molecular formula is C13H24O7. The van der Waals surface area contributed by atoms with E-state index in [2.05, 4.69) is 6.58 Å². The first-order valence-electron chi connectivity index (χ1n) is 6.39. The van der Waals surface area contributed by atoms with E-state index in [4.69, 9.17) is 29.5 Å². The highest BCUT2D eigenvalue weighted by Crippen LogP contribution is 2.12. The molecule has 0 saturated carbocycles. The number of aliphatic hydroxyl groups excluding tert-OH is 2. The molecule has 4 unspecified atom stereocenters. The standard InChI is InChI=1S/C6H10O3.C4H10O2.C3H4O2/c1(5-3-8-5)7-2-6-4-9-6;1-3(5)4(2)6;1-2-3(4)5/h5-6H,1-4H2;3-6H,1-2H3;2H,1H2,(H,4,5). The van der Waals surface area contributed by atoms with Crippen LogP contribution in [0.15, 0.2) is 12.7 Å². The molecule has 2 aliphatic rings. The highest BCUT2D eigenvalue weighted by Gasteiger charge is 2.26. The van der Waals surface area contributed by atoms with Crippen LogP contribution in [0.4, 0.5) is 0 Å². The first kappa shape index (κ1) is 19.0. The van der Waals surface area contributed by atoms with E-state index in [0.717, 1.165) is 32.5 Å². The molecule has 0 bridgehead atoms. The number of aliphatic carboxylic acids is 1. The van der Waals surface area contributed by atoms with Crippen molar-refractivity contribution in [3.05, 3.63) is 12.7 Å². The van der Waals surface area contributed by atoms with Gasteiger partial charge >= 0.3 is 5.97 Å². The van der Waals surface area contributed by atoms with Crippen LogP contribution >= 0.6 is 0 Å². The van der Waals surface area contributed by atoms with Gasteiger partial charge in [-0.3, -0.25) is 0 Å². The van der Waals surface area contributed by atoms with Crippen molar-refractivity contribution in [2.45, 2.75) is 38.3 Å². The van der Waals surface area contributed by atoms with Gasteiger partial charge in [-0.15, -0.1) is 0 Å². The molecule has 2 saturated heterocycles. The Labute approximate surface area is 118 Å². The van der Waals surface area contributed by atoms with Gasteiger partial charge in [0.1, 0.15) is 12.2 Å². The lowest BCUT2D eigenvalue weighted by Gasteiger charge is -2.03. The Kier molecular flexibility index (Phi) is 10.2. The molecule has 7 heteroatoms. The smallest absolute Gasteiger partial charge is 0.327 e. The molecule has 2 fully saturated rings. The number of carboxylic acids is 1. The van der Waals surface area contributed by atoms with E-state index in [1.54, 1.807) is 13.8 Å². The fourth-order valence-corrected chi connectivity index (χ4v) is 0.659. The van der Waals surface area contributed by atoms with E-state index in [-0.39, 0.29) is 0 Å². The first-order valence-corrected chi connectivity index (χ1v) is 6.39. The Morgan fingerprint density at radius 1 is 1.25 bits per heavy atom. The molecule has 0 amide bonds. The minimum absolute atomic E-state index is 0.392. The third-order valence-corrected chi connectivity index (χ3v) is 2.28. The number of ether oxygens (including phenoxy) is 3. The number of carbonyl (C=O) groups is 1. The van der Waals surface area contributed by atoms with Gasteiger partial charge in [0.05, 0.1) is 38.6 Å². The minimum Gasteiger partial charge on any atom is -0.478 e. The normalized spacial score (nSPS) is 25.0. The molecule has 118 valence electrons. The molecule has 0 aromatic carbocycles. The van der Waals surface area contributed by atoms with Gasteiger partial charge in [0.25, 0.3) is 0 Å². The molecule has 7 nitrogen and oxygen atoms in total. The maximum Gasteiger partial charge on any atom is 0.327 e. The van der Waals surface area contributed by atoms with E-state index >= 15 is 0 Å². The van der Waals surface area contributed by atoms with Crippen molar-refractivity contribution in [1.82, 2.24) is 0 Å². The van der Waals surface area contributed by atoms with Gasteiger partial charge in [0.15, 0.2) is 0 Å². The van der Waals surface area contributed by atoms with Crippen molar-refractivity contribution in [2.24, 2.45) is 0 Å². The van der Waals surface area contributed by atoms with Crippen molar-refractivity contribution >= 4 is 5.97 Å². The van der Waals surface area contributed by atoms with E-state index in [0.29, 0.717) is 12.2 Å². The second-order valence-electron chi connectivity index (χ2n) is 4.47. The van der Waals surface area contributed by atoms with Crippen LogP contribution in [-0.2, 0) is 19.0 Å². The largest absolute Gasteiger partial charge is 0.478 e. The molecule has 2 rings (SSSR count). The molecule has 2 heterocycles. The van der Waals surface area contributed by atoms with Crippen LogP contribution < -0.4 is 0 Å². The Morgan fingerprint density at radius 3 is 1.70 bits per heavy atom. The monoisotopic (exact) mass is 292 g/mol. The summed E-state index contributed by atoms with van der Waals surface area (Å²) in [7, 11) is 0. The number of carboxylic acid groups (broad SMARTS) is 1. The van der Waals surface area contributed by atoms with Gasteiger partial charge < -0.3 is 29.5 Å². The first-order chi connectivity index (χ1) is 9.36. The zero-order valence-electron chi connectivity index (χ0n) is 11.9. The van der Waals surface area contributed by atoms with Crippen LogP contribution in [0, 0.1) is 0 Å². The fraction of sp³-hybridized carbons (Fsp3) is 0.769. The zero-order chi connectivity index (χ0) is 15.5. The van der Waals surface area contributed by atoms with Gasteiger partial charge in [-0.1, -0.05) is 6.58 Å². The summed E-state index contributed by atoms with van der Waals surface area (Å²) in [6.45, 7) is 9.31. The third kappa shape index (κ3) is 15.1. The lowest BCUT2D eigenvalue weighted by Crippen LogP contribution is -2.17. The molecular weight excluding hydrogens is 268 g/mol. The maximum atomic E-state index is 9.25. The van der Waals surface area contributed by atoms with Crippen LogP contribution in [-0.4, -0.2) is 72.1 Å². The molecule has 0 aromatic heterocycles. The van der Waals surface area contributed by atoms with Gasteiger partial charge in [0, 0.05) is 6.08 Å². The van der Waals surface area contributed by atoms with E-state index in [1.165, 1.54) is 0 Å². The second-order valence-corrected chi connectivity index (χ2v) is 4.47. The van der Waals surface area contributed by atoms with Gasteiger partial charge in [0.2, 0.25) is 0 Å². The average Bonchev–Trinajstić information content (AvgIpc) is 3.25. The van der Waals surface area contributed by atoms with E-state index in [1.807, 2.05) is 0 Å². The zero-order valence-corrected chi connectivity index (χ0v) is 11.9. The predicted octanol–water partition coefficient (Wildman–Crippen LogP) is -0.194. The summed E-state index contributed by atoms with van der Waals surface area (Å²) in [5, 5.41) is 24.4. The van der Waals surface area contributed by atoms with Crippen LogP contribution in [0.3, 0.4) is 0 Å². The summed E-state index contributed by atoms with van der Waals surface area (Å²) >= 11 is 0. The Morgan fingerprint density at radius 2 is 1.55 bits per heavy atom. The number of epoxide rings is 2. The summed E-state index contributed by atoms with van der Waals surface area (Å²) < 4.78 is 15.1. The molecule has 2 aliphatic heterocycles. The van der Waals surface area contributed by atoms with Crippen molar-refractivity contribution in [3.63, 3.8) is 0 Å². The SMILES string of the molecule is C(OCC1CO1)C1CO1.C=CC(=O)O.CC(O)C(C)O. The van der Waals surface area contributed by atoms with Gasteiger partial charge in [-0.05, 0) is 13.8 Å². The fourth-order valence-electron chi connectivity index (χ4n) is 0.659. The summed E-state index contributed by atoms with van der Waals surface area (Å²) in [4.78, 5) is 9.25. The maximum absolute atomic E-state index is 9.25. The van der Waals surface area contributed by atoms with Crippen molar-refractivity contribution in [2.75, 3.05) is 26.4 Å². The Hall–Kier alpha value is -0.990. The van der Waals surface area contributed by atoms with E-state index < -0.39 is 18.2 Å². The van der Waals surface area contributed by atoms with Gasteiger partial charge in [-0.2, -0.15) is 0 Å². The highest BCUT2D eigenvalue weighted by molar-refractivity contribution is 5.78. The number of hydrogen-bond acceptors (Lipinski definition) is 6. The van der Waals surface area contributed by atoms with Crippen LogP contribution in [0.2, 0.25) is 0 Å². The molecule has 0 radical (unpaired) electrons. The van der Waals surface area contributed by atoms with Crippen LogP contribution in [0.5, 0.6) is 0 Å². The Balaban J connectivity index is 0.000000291. The molecule has 4 atom stereocenters. The predicted molar refractivity (Wildman–Crippen MR) is 71.5 cm³/mol. The summed E-state index contributed by atoms with van der Waals surface area (Å²) in [5.41, 5.74) is 0. The topological polar surface area (TPSA) is 112 Å². The average molecular weight is 292 g/mol. The molecule has 0 spiro atoms. The van der Waals surface area contributed by atoms with Crippen molar-refractivity contribution in [1.29, 1.82) is 0 Å². The lowest BCUT2D eigenvalue weighted by atomic mass is 10.3. The van der Waals surface area contributed by atoms with E-state index in [9.17, 15) is 4.79 Å². The molecule has 20 heavy (non-hydrogen) atoms. The minimum atomic E-state index is -0.981. The number of hydrogen-bond donors (Lipinski definition) is 3. The number of rotatable bonds is 6. The van der Waals surface area contributed by atoms with Crippen molar-refractivity contribution in [3.8, 4) is 0 Å². The lowest BCUT2D eigenvalue weighted by molar-refractivity contribution is -0.131. The number of aliphatic hydroxyl groups is 2. The summed E-state index contributed by atoms with van der Waals surface area (Å²) in [6.07, 6.45) is 0.433. The molecule has 0 aromatic rings. The quantitative estimate of drug-likeness (QED) is 0.459. The van der Waals surface area contributed by atoms with Crippen molar-refractivity contribution < 1.29 is 34.3 Å². The van der Waals surface area contributed by atoms with Crippen LogP contribution in [0.1, 0.15) is 13.8 Å². The highest BCUT2D eigenvalue weighted by atomic mass is 16.6. The third-order valence-electron chi connectivity index (χ3n) is 2.28.